The van der Waals surface area contributed by atoms with Crippen LogP contribution >= 0.6 is 0 Å². The summed E-state index contributed by atoms with van der Waals surface area (Å²) in [5.41, 5.74) is 1.75. The van der Waals surface area contributed by atoms with Gasteiger partial charge in [0.2, 0.25) is 6.04 Å². The Morgan fingerprint density at radius 1 is 1.03 bits per heavy atom. The summed E-state index contributed by atoms with van der Waals surface area (Å²) in [6.45, 7) is 6.61. The van der Waals surface area contributed by atoms with E-state index in [0.717, 1.165) is 55.3 Å². The molecule has 4 atom stereocenters. The molecule has 0 spiro atoms. The van der Waals surface area contributed by atoms with Gasteiger partial charge in [-0.2, -0.15) is 13.2 Å². The predicted molar refractivity (Wildman–Crippen MR) is 137 cm³/mol. The van der Waals surface area contributed by atoms with Crippen molar-refractivity contribution in [3.8, 4) is 11.4 Å². The first kappa shape index (κ1) is 25.8. The molecule has 2 aromatic carbocycles. The molecule has 0 unspecified atom stereocenters. The molecule has 0 saturated heterocycles. The lowest BCUT2D eigenvalue weighted by molar-refractivity contribution is -0.634. The third-order valence-corrected chi connectivity index (χ3v) is 8.34. The molecule has 198 valence electrons. The average Bonchev–Trinajstić information content (AvgIpc) is 3.63. The number of alkyl halides is 3. The first-order valence-corrected chi connectivity index (χ1v) is 13.4. The number of fused-ring (bicyclic) bond motifs is 1. The summed E-state index contributed by atoms with van der Waals surface area (Å²) in [5, 5.41) is 0. The maximum Gasteiger partial charge on any atom is 0.416 e. The Kier molecular flexibility index (Phi) is 6.84. The minimum absolute atomic E-state index is 0.109. The molecule has 0 aliphatic heterocycles. The zero-order chi connectivity index (χ0) is 26.5. The number of aromatic nitrogens is 2. The fourth-order valence-corrected chi connectivity index (χ4v) is 6.15. The van der Waals surface area contributed by atoms with Gasteiger partial charge in [0, 0.05) is 5.92 Å². The number of hydrogen-bond donors (Lipinski definition) is 0. The van der Waals surface area contributed by atoms with Crippen molar-refractivity contribution in [2.45, 2.75) is 71.2 Å². The van der Waals surface area contributed by atoms with E-state index >= 15 is 0 Å². The van der Waals surface area contributed by atoms with Crippen LogP contribution in [0.2, 0.25) is 0 Å². The maximum atomic E-state index is 14.0. The van der Waals surface area contributed by atoms with E-state index in [1.165, 1.54) is 12.1 Å². The molecule has 5 rings (SSSR count). The standard InChI is InChI=1S/C30H36F3N2O2/c1-18(2)23-16-9-19(3)17-26(23)37-29(36)27(20-10-11-20)35-25-8-6-5-7-24(25)34(4)28(35)21-12-14-22(15-13-21)30(31,32)33/h5-8,12-15,18-20,23,26-27H,9-11,16-17H2,1-4H3/q+1/t19-,23+,26-,27-/m1/s1. The summed E-state index contributed by atoms with van der Waals surface area (Å²) in [6.07, 6.45) is 0.425. The number of nitrogens with zero attached hydrogens (tertiary/aromatic N) is 2. The smallest absolute Gasteiger partial charge is 0.416 e. The van der Waals surface area contributed by atoms with Crippen LogP contribution in [0.4, 0.5) is 13.2 Å². The largest absolute Gasteiger partial charge is 0.459 e. The molecule has 2 aliphatic carbocycles. The molecular formula is C30H36F3N2O2+. The summed E-state index contributed by atoms with van der Waals surface area (Å²) < 4.78 is 50.1. The Labute approximate surface area is 216 Å². The van der Waals surface area contributed by atoms with Gasteiger partial charge >= 0.3 is 12.1 Å². The van der Waals surface area contributed by atoms with Gasteiger partial charge in [0.1, 0.15) is 6.10 Å². The topological polar surface area (TPSA) is 35.1 Å². The molecule has 37 heavy (non-hydrogen) atoms. The van der Waals surface area contributed by atoms with E-state index in [1.807, 2.05) is 40.4 Å². The van der Waals surface area contributed by atoms with E-state index in [1.54, 1.807) is 0 Å². The van der Waals surface area contributed by atoms with Gasteiger partial charge in [0.05, 0.1) is 18.2 Å². The van der Waals surface area contributed by atoms with Crippen molar-refractivity contribution < 1.29 is 27.3 Å². The number of benzene rings is 2. The highest BCUT2D eigenvalue weighted by molar-refractivity contribution is 5.82. The Bertz CT molecular complexity index is 1270. The average molecular weight is 514 g/mol. The highest BCUT2D eigenvalue weighted by atomic mass is 19.4. The Hall–Kier alpha value is -2.83. The van der Waals surface area contributed by atoms with Crippen LogP contribution in [0.3, 0.4) is 0 Å². The molecule has 4 nitrogen and oxygen atoms in total. The van der Waals surface area contributed by atoms with E-state index in [-0.39, 0.29) is 18.0 Å². The normalized spacial score (nSPS) is 23.4. The third-order valence-electron chi connectivity index (χ3n) is 8.34. The SMILES string of the molecule is CC(C)[C@@H]1CC[C@@H](C)C[C@H]1OC(=O)[C@@H](C1CC1)n1c(-c2ccc(C(F)(F)F)cc2)[n+](C)c2ccccc21. The molecule has 3 aromatic rings. The molecule has 0 bridgehead atoms. The van der Waals surface area contributed by atoms with Crippen molar-refractivity contribution in [2.75, 3.05) is 0 Å². The van der Waals surface area contributed by atoms with E-state index in [0.29, 0.717) is 29.1 Å². The van der Waals surface area contributed by atoms with Crippen molar-refractivity contribution in [1.29, 1.82) is 0 Å². The van der Waals surface area contributed by atoms with Crippen LogP contribution < -0.4 is 4.57 Å². The lowest BCUT2D eigenvalue weighted by atomic mass is 9.75. The quantitative estimate of drug-likeness (QED) is 0.260. The first-order valence-electron chi connectivity index (χ1n) is 13.4. The number of ether oxygens (including phenoxy) is 1. The number of imidazole rings is 1. The van der Waals surface area contributed by atoms with Crippen molar-refractivity contribution in [1.82, 2.24) is 4.57 Å². The highest BCUT2D eigenvalue weighted by Crippen LogP contribution is 2.45. The summed E-state index contributed by atoms with van der Waals surface area (Å²) in [5.74, 6) is 1.92. The molecule has 2 saturated carbocycles. The van der Waals surface area contributed by atoms with E-state index in [9.17, 15) is 18.0 Å². The lowest BCUT2D eigenvalue weighted by Crippen LogP contribution is -2.39. The molecule has 7 heteroatoms. The second-order valence-electron chi connectivity index (χ2n) is 11.4. The Morgan fingerprint density at radius 3 is 2.32 bits per heavy atom. The number of hydrogen-bond acceptors (Lipinski definition) is 2. The maximum absolute atomic E-state index is 14.0. The third kappa shape index (κ3) is 5.01. The van der Waals surface area contributed by atoms with Gasteiger partial charge in [-0.05, 0) is 79.8 Å². The highest BCUT2D eigenvalue weighted by Gasteiger charge is 2.47. The van der Waals surface area contributed by atoms with Gasteiger partial charge < -0.3 is 4.74 Å². The lowest BCUT2D eigenvalue weighted by Gasteiger charge is -2.37. The first-order chi connectivity index (χ1) is 17.6. The van der Waals surface area contributed by atoms with Crippen LogP contribution in [-0.2, 0) is 22.8 Å². The van der Waals surface area contributed by atoms with Gasteiger partial charge in [0.15, 0.2) is 11.0 Å². The zero-order valence-electron chi connectivity index (χ0n) is 22.0. The predicted octanol–water partition coefficient (Wildman–Crippen LogP) is 7.11. The van der Waals surface area contributed by atoms with Crippen LogP contribution in [0, 0.1) is 23.7 Å². The fraction of sp³-hybridized carbons (Fsp3) is 0.533. The summed E-state index contributed by atoms with van der Waals surface area (Å²) in [4.78, 5) is 14.0. The van der Waals surface area contributed by atoms with Crippen LogP contribution in [0.5, 0.6) is 0 Å². The Balaban J connectivity index is 1.58. The number of carbonyl (C=O) groups is 1. The molecular weight excluding hydrogens is 477 g/mol. The van der Waals surface area contributed by atoms with Gasteiger partial charge in [-0.3, -0.25) is 0 Å². The van der Waals surface area contributed by atoms with Crippen LogP contribution in [-0.4, -0.2) is 16.6 Å². The van der Waals surface area contributed by atoms with Crippen LogP contribution in [0.1, 0.15) is 64.5 Å². The number of halogens is 3. The minimum Gasteiger partial charge on any atom is -0.459 e. The van der Waals surface area contributed by atoms with Crippen molar-refractivity contribution >= 4 is 17.0 Å². The van der Waals surface area contributed by atoms with E-state index < -0.39 is 17.8 Å². The second-order valence-corrected chi connectivity index (χ2v) is 11.4. The molecule has 1 aromatic heterocycles. The van der Waals surface area contributed by atoms with Crippen molar-refractivity contribution in [2.24, 2.45) is 30.7 Å². The minimum atomic E-state index is -4.40. The molecule has 2 fully saturated rings. The number of rotatable bonds is 6. The van der Waals surface area contributed by atoms with Gasteiger partial charge in [-0.15, -0.1) is 0 Å². The van der Waals surface area contributed by atoms with Crippen molar-refractivity contribution in [3.63, 3.8) is 0 Å². The second kappa shape index (κ2) is 9.80. The molecule has 0 radical (unpaired) electrons. The van der Waals surface area contributed by atoms with Gasteiger partial charge in [-0.25, -0.2) is 13.9 Å². The number of aryl methyl sites for hydroxylation is 1. The number of esters is 1. The summed E-state index contributed by atoms with van der Waals surface area (Å²) in [7, 11) is 1.90. The van der Waals surface area contributed by atoms with Gasteiger partial charge in [0.25, 0.3) is 5.82 Å². The fourth-order valence-electron chi connectivity index (χ4n) is 6.15. The molecule has 1 heterocycles. The van der Waals surface area contributed by atoms with Gasteiger partial charge in [-0.1, -0.05) is 39.3 Å². The summed E-state index contributed by atoms with van der Waals surface area (Å²) in [6, 6.07) is 12.5. The molecule has 0 amide bonds. The molecule has 2 aliphatic rings. The zero-order valence-corrected chi connectivity index (χ0v) is 22.0. The van der Waals surface area contributed by atoms with E-state index in [2.05, 4.69) is 20.8 Å². The van der Waals surface area contributed by atoms with Crippen molar-refractivity contribution in [3.05, 3.63) is 54.1 Å². The molecule has 0 N–H and O–H groups in total. The van der Waals surface area contributed by atoms with Crippen LogP contribution in [0.25, 0.3) is 22.4 Å². The van der Waals surface area contributed by atoms with E-state index in [4.69, 9.17) is 4.74 Å². The summed E-state index contributed by atoms with van der Waals surface area (Å²) >= 11 is 0. The number of para-hydroxylation sites is 2. The number of carbonyl (C=O) groups excluding carboxylic acids is 1. The Morgan fingerprint density at radius 2 is 1.70 bits per heavy atom. The monoisotopic (exact) mass is 513 g/mol. The van der Waals surface area contributed by atoms with Crippen LogP contribution in [0.15, 0.2) is 48.5 Å².